The summed E-state index contributed by atoms with van der Waals surface area (Å²) in [7, 11) is 1.79. The molecule has 3 N–H and O–H groups in total. The van der Waals surface area contributed by atoms with E-state index >= 15 is 0 Å². The predicted octanol–water partition coefficient (Wildman–Crippen LogP) is 8.12. The van der Waals surface area contributed by atoms with Gasteiger partial charge < -0.3 is 16.0 Å². The topological polar surface area (TPSA) is 70.2 Å². The molecule has 1 fully saturated rings. The third-order valence-corrected chi connectivity index (χ3v) is 7.73. The number of halogens is 6. The van der Waals surface area contributed by atoms with Gasteiger partial charge >= 0.3 is 0 Å². The molecule has 3 aromatic carbocycles. The van der Waals surface area contributed by atoms with Crippen molar-refractivity contribution in [3.05, 3.63) is 85.8 Å². The summed E-state index contributed by atoms with van der Waals surface area (Å²) in [5.41, 5.74) is 2.45. The lowest BCUT2D eigenvalue weighted by molar-refractivity contribution is -0.117. The number of rotatable bonds is 6. The standard InChI is InChI=1S/C24H17Cl6N3O2/c1-31-14-2-4-15(5-3-14)32-22(34)17-9-16(10-18(27)21(17)28)33-23(35)20-19(24(20,29)30)11-6-12(25)8-13(26)7-11/h2-10,19-20,31H,1H3,(H,32,34)(H,33,35). The van der Waals surface area contributed by atoms with Crippen molar-refractivity contribution in [2.24, 2.45) is 5.92 Å². The highest BCUT2D eigenvalue weighted by Crippen LogP contribution is 2.65. The molecule has 0 radical (unpaired) electrons. The van der Waals surface area contributed by atoms with Gasteiger partial charge in [-0.25, -0.2) is 0 Å². The summed E-state index contributed by atoms with van der Waals surface area (Å²) >= 11 is 37.6. The van der Waals surface area contributed by atoms with Crippen molar-refractivity contribution < 1.29 is 9.59 Å². The maximum atomic E-state index is 13.0. The lowest BCUT2D eigenvalue weighted by Crippen LogP contribution is -2.18. The van der Waals surface area contributed by atoms with E-state index in [2.05, 4.69) is 16.0 Å². The number of carbonyl (C=O) groups excluding carboxylic acids is 2. The lowest BCUT2D eigenvalue weighted by atomic mass is 10.1. The minimum absolute atomic E-state index is 0.0518. The second-order valence-electron chi connectivity index (χ2n) is 7.92. The number of anilines is 3. The summed E-state index contributed by atoms with van der Waals surface area (Å²) in [6, 6.07) is 14.9. The zero-order chi connectivity index (χ0) is 25.5. The van der Waals surface area contributed by atoms with Crippen molar-refractivity contribution in [1.82, 2.24) is 0 Å². The van der Waals surface area contributed by atoms with Gasteiger partial charge in [0, 0.05) is 40.1 Å². The molecular weight excluding hydrogens is 575 g/mol. The number of carbonyl (C=O) groups is 2. The van der Waals surface area contributed by atoms with Crippen LogP contribution in [0.3, 0.4) is 0 Å². The van der Waals surface area contributed by atoms with E-state index in [1.165, 1.54) is 12.1 Å². The van der Waals surface area contributed by atoms with Crippen molar-refractivity contribution in [3.63, 3.8) is 0 Å². The highest BCUT2D eigenvalue weighted by molar-refractivity contribution is 6.53. The van der Waals surface area contributed by atoms with Crippen LogP contribution >= 0.6 is 69.6 Å². The Morgan fingerprint density at radius 3 is 2.00 bits per heavy atom. The van der Waals surface area contributed by atoms with E-state index < -0.39 is 28.0 Å². The van der Waals surface area contributed by atoms with Crippen molar-refractivity contribution in [3.8, 4) is 0 Å². The van der Waals surface area contributed by atoms with Crippen molar-refractivity contribution in [2.75, 3.05) is 23.0 Å². The normalized spacial score (nSPS) is 18.0. The number of alkyl halides is 2. The van der Waals surface area contributed by atoms with E-state index in [0.717, 1.165) is 5.69 Å². The maximum Gasteiger partial charge on any atom is 0.257 e. The summed E-state index contributed by atoms with van der Waals surface area (Å²) in [4.78, 5) is 25.9. The highest BCUT2D eigenvalue weighted by Gasteiger charge is 2.67. The SMILES string of the molecule is CNc1ccc(NC(=O)c2cc(NC(=O)C3C(c4cc(Cl)cc(Cl)c4)C3(Cl)Cl)cc(Cl)c2Cl)cc1. The molecule has 2 amide bonds. The first-order valence-corrected chi connectivity index (χ1v) is 12.5. The van der Waals surface area contributed by atoms with E-state index in [-0.39, 0.29) is 21.3 Å². The molecule has 1 aliphatic rings. The Morgan fingerprint density at radius 2 is 1.40 bits per heavy atom. The molecule has 11 heteroatoms. The molecule has 3 aromatic rings. The third kappa shape index (κ3) is 5.61. The smallest absolute Gasteiger partial charge is 0.257 e. The molecule has 1 aliphatic carbocycles. The predicted molar refractivity (Wildman–Crippen MR) is 146 cm³/mol. The van der Waals surface area contributed by atoms with Crippen LogP contribution in [-0.2, 0) is 4.79 Å². The van der Waals surface area contributed by atoms with E-state index in [0.29, 0.717) is 21.3 Å². The molecule has 0 saturated heterocycles. The Kier molecular flexibility index (Phi) is 7.68. The second kappa shape index (κ2) is 10.3. The molecule has 0 aromatic heterocycles. The molecule has 1 saturated carbocycles. The first-order valence-electron chi connectivity index (χ1n) is 10.2. The lowest BCUT2D eigenvalue weighted by Gasteiger charge is -2.12. The monoisotopic (exact) mass is 589 g/mol. The van der Waals surface area contributed by atoms with Gasteiger partial charge in [0.2, 0.25) is 5.91 Å². The first-order chi connectivity index (χ1) is 16.5. The van der Waals surface area contributed by atoms with Crippen LogP contribution < -0.4 is 16.0 Å². The quantitative estimate of drug-likeness (QED) is 0.254. The molecule has 0 heterocycles. The first kappa shape index (κ1) is 26.2. The number of nitrogens with one attached hydrogen (secondary N) is 3. The van der Waals surface area contributed by atoms with Gasteiger partial charge in [-0.1, -0.05) is 46.4 Å². The van der Waals surface area contributed by atoms with Crippen LogP contribution in [0, 0.1) is 5.92 Å². The van der Waals surface area contributed by atoms with Gasteiger partial charge in [0.25, 0.3) is 5.91 Å². The van der Waals surface area contributed by atoms with Gasteiger partial charge in [0.15, 0.2) is 0 Å². The van der Waals surface area contributed by atoms with E-state index in [4.69, 9.17) is 69.6 Å². The number of benzene rings is 3. The summed E-state index contributed by atoms with van der Waals surface area (Å²) in [5.74, 6) is -2.25. The van der Waals surface area contributed by atoms with Gasteiger partial charge in [-0.3, -0.25) is 9.59 Å². The van der Waals surface area contributed by atoms with Crippen LogP contribution in [0.2, 0.25) is 20.1 Å². The minimum atomic E-state index is -1.35. The van der Waals surface area contributed by atoms with Gasteiger partial charge in [-0.15, -0.1) is 23.2 Å². The Labute approximate surface area is 232 Å². The van der Waals surface area contributed by atoms with Crippen LogP contribution in [0.5, 0.6) is 0 Å². The Morgan fingerprint density at radius 1 is 0.800 bits per heavy atom. The average molecular weight is 592 g/mol. The van der Waals surface area contributed by atoms with Crippen LogP contribution in [0.4, 0.5) is 17.1 Å². The Bertz CT molecular complexity index is 1290. The van der Waals surface area contributed by atoms with Gasteiger partial charge in [-0.2, -0.15) is 0 Å². The summed E-state index contributed by atoms with van der Waals surface area (Å²) in [6.45, 7) is 0. The fourth-order valence-electron chi connectivity index (χ4n) is 3.79. The molecule has 2 atom stereocenters. The van der Waals surface area contributed by atoms with Crippen molar-refractivity contribution in [1.29, 1.82) is 0 Å². The van der Waals surface area contributed by atoms with E-state index in [1.807, 2.05) is 12.1 Å². The molecular formula is C24H17Cl6N3O2. The highest BCUT2D eigenvalue weighted by atomic mass is 35.5. The summed E-state index contributed by atoms with van der Waals surface area (Å²) in [5, 5.41) is 9.44. The zero-order valence-electron chi connectivity index (χ0n) is 17.9. The van der Waals surface area contributed by atoms with Crippen LogP contribution in [0.15, 0.2) is 54.6 Å². The Hall–Kier alpha value is -1.86. The number of hydrogen-bond acceptors (Lipinski definition) is 3. The van der Waals surface area contributed by atoms with Crippen LogP contribution in [-0.4, -0.2) is 23.2 Å². The molecule has 5 nitrogen and oxygen atoms in total. The van der Waals surface area contributed by atoms with E-state index in [9.17, 15) is 9.59 Å². The fraction of sp³-hybridized carbons (Fsp3) is 0.167. The van der Waals surface area contributed by atoms with E-state index in [1.54, 1.807) is 37.4 Å². The maximum absolute atomic E-state index is 13.0. The molecule has 35 heavy (non-hydrogen) atoms. The van der Waals surface area contributed by atoms with Gasteiger partial charge in [0.1, 0.15) is 4.33 Å². The number of hydrogen-bond donors (Lipinski definition) is 3. The third-order valence-electron chi connectivity index (χ3n) is 5.55. The molecule has 0 bridgehead atoms. The second-order valence-corrected chi connectivity index (χ2v) is 11.0. The Balaban J connectivity index is 1.53. The molecule has 0 aliphatic heterocycles. The summed E-state index contributed by atoms with van der Waals surface area (Å²) < 4.78 is -1.35. The molecule has 0 spiro atoms. The zero-order valence-corrected chi connectivity index (χ0v) is 22.5. The summed E-state index contributed by atoms with van der Waals surface area (Å²) in [6.07, 6.45) is 0. The van der Waals surface area contributed by atoms with Gasteiger partial charge in [0.05, 0.1) is 21.5 Å². The van der Waals surface area contributed by atoms with Crippen LogP contribution in [0.25, 0.3) is 0 Å². The average Bonchev–Trinajstić information content (AvgIpc) is 3.38. The molecule has 4 rings (SSSR count). The molecule has 2 unspecified atom stereocenters. The van der Waals surface area contributed by atoms with Crippen LogP contribution in [0.1, 0.15) is 21.8 Å². The van der Waals surface area contributed by atoms with Crippen molar-refractivity contribution in [2.45, 2.75) is 10.3 Å². The molecule has 182 valence electrons. The number of amides is 2. The van der Waals surface area contributed by atoms with Gasteiger partial charge in [-0.05, 0) is 60.2 Å². The minimum Gasteiger partial charge on any atom is -0.388 e. The largest absolute Gasteiger partial charge is 0.388 e. The van der Waals surface area contributed by atoms with Crippen molar-refractivity contribution >= 4 is 98.5 Å². The fourth-order valence-corrected chi connectivity index (χ4v) is 5.57.